The van der Waals surface area contributed by atoms with Crippen molar-refractivity contribution in [3.63, 3.8) is 0 Å². The Balaban J connectivity index is 1.79. The molecule has 0 saturated carbocycles. The van der Waals surface area contributed by atoms with Crippen molar-refractivity contribution in [1.29, 1.82) is 0 Å². The molecular formula is C14H18N4O. The van der Waals surface area contributed by atoms with Crippen LogP contribution in [0.5, 0.6) is 0 Å². The first-order chi connectivity index (χ1) is 9.38. The van der Waals surface area contributed by atoms with E-state index in [1.807, 2.05) is 0 Å². The number of nitrogens with one attached hydrogen (secondary N) is 1. The Morgan fingerprint density at radius 2 is 2.21 bits per heavy atom. The fourth-order valence-corrected chi connectivity index (χ4v) is 2.53. The smallest absolute Gasteiger partial charge is 0.150 e. The summed E-state index contributed by atoms with van der Waals surface area (Å²) in [6.07, 6.45) is 2.73. The van der Waals surface area contributed by atoms with Gasteiger partial charge in [-0.25, -0.2) is 0 Å². The molecule has 2 heterocycles. The van der Waals surface area contributed by atoms with Crippen LogP contribution in [-0.2, 0) is 24.2 Å². The molecule has 0 spiro atoms. The minimum absolute atomic E-state index is 0.231. The van der Waals surface area contributed by atoms with Crippen LogP contribution in [0.1, 0.15) is 23.0 Å². The number of fused-ring (bicyclic) bond motifs is 1. The summed E-state index contributed by atoms with van der Waals surface area (Å²) in [4.78, 5) is 0. The van der Waals surface area contributed by atoms with Crippen LogP contribution in [0.4, 0.5) is 0 Å². The molecule has 1 atom stereocenters. The highest BCUT2D eigenvalue weighted by molar-refractivity contribution is 5.30. The van der Waals surface area contributed by atoms with Gasteiger partial charge in [0.05, 0.1) is 12.6 Å². The van der Waals surface area contributed by atoms with Crippen molar-refractivity contribution in [2.24, 2.45) is 0 Å². The van der Waals surface area contributed by atoms with Crippen LogP contribution in [-0.4, -0.2) is 28.5 Å². The van der Waals surface area contributed by atoms with Crippen LogP contribution >= 0.6 is 0 Å². The molecule has 0 unspecified atom stereocenters. The number of hydrogen-bond donors (Lipinski definition) is 1. The summed E-state index contributed by atoms with van der Waals surface area (Å²) in [5.41, 5.74) is 2.77. The zero-order valence-electron chi connectivity index (χ0n) is 11.0. The molecule has 0 amide bonds. The molecule has 5 nitrogen and oxygen atoms in total. The van der Waals surface area contributed by atoms with Gasteiger partial charge in [-0.05, 0) is 17.5 Å². The van der Waals surface area contributed by atoms with Crippen molar-refractivity contribution in [3.8, 4) is 0 Å². The normalized spacial score (nSPS) is 18.3. The molecule has 1 aliphatic heterocycles. The molecular weight excluding hydrogens is 240 g/mol. The van der Waals surface area contributed by atoms with Gasteiger partial charge in [0.2, 0.25) is 0 Å². The fourth-order valence-electron chi connectivity index (χ4n) is 2.53. The number of aromatic nitrogens is 3. The molecule has 0 fully saturated rings. The summed E-state index contributed by atoms with van der Waals surface area (Å²) in [6, 6.07) is 8.78. The number of benzene rings is 1. The lowest BCUT2D eigenvalue weighted by molar-refractivity contribution is 0.185. The highest BCUT2D eigenvalue weighted by Crippen LogP contribution is 2.24. The van der Waals surface area contributed by atoms with Crippen molar-refractivity contribution < 1.29 is 4.74 Å². The average molecular weight is 258 g/mol. The Kier molecular flexibility index (Phi) is 3.57. The van der Waals surface area contributed by atoms with Gasteiger partial charge in [0, 0.05) is 20.2 Å². The van der Waals surface area contributed by atoms with E-state index in [4.69, 9.17) is 4.74 Å². The van der Waals surface area contributed by atoms with E-state index in [1.54, 1.807) is 13.4 Å². The molecule has 1 aromatic heterocycles. The third kappa shape index (κ3) is 2.52. The number of ether oxygens (including phenoxy) is 1. The summed E-state index contributed by atoms with van der Waals surface area (Å²) in [6.45, 7) is 2.35. The highest BCUT2D eigenvalue weighted by atomic mass is 16.5. The molecule has 3 rings (SSSR count). The van der Waals surface area contributed by atoms with Gasteiger partial charge in [-0.2, -0.15) is 0 Å². The topological polar surface area (TPSA) is 52.0 Å². The molecule has 0 saturated heterocycles. The van der Waals surface area contributed by atoms with Crippen LogP contribution < -0.4 is 5.32 Å². The maximum Gasteiger partial charge on any atom is 0.150 e. The Hall–Kier alpha value is -1.72. The van der Waals surface area contributed by atoms with Crippen LogP contribution in [0.25, 0.3) is 0 Å². The monoisotopic (exact) mass is 258 g/mol. The maximum atomic E-state index is 5.12. The van der Waals surface area contributed by atoms with E-state index >= 15 is 0 Å². The van der Waals surface area contributed by atoms with E-state index in [-0.39, 0.29) is 6.04 Å². The number of methoxy groups -OCH3 is 1. The van der Waals surface area contributed by atoms with Gasteiger partial charge in [0.15, 0.2) is 0 Å². The fraction of sp³-hybridized carbons (Fsp3) is 0.429. The molecule has 1 aliphatic rings. The van der Waals surface area contributed by atoms with Crippen molar-refractivity contribution in [3.05, 3.63) is 47.5 Å². The predicted molar refractivity (Wildman–Crippen MR) is 71.6 cm³/mol. The van der Waals surface area contributed by atoms with Gasteiger partial charge in [-0.15, -0.1) is 10.2 Å². The minimum Gasteiger partial charge on any atom is -0.383 e. The van der Waals surface area contributed by atoms with Gasteiger partial charge in [-0.3, -0.25) is 0 Å². The second-order valence-electron chi connectivity index (χ2n) is 4.78. The summed E-state index contributed by atoms with van der Waals surface area (Å²) in [7, 11) is 1.71. The second-order valence-corrected chi connectivity index (χ2v) is 4.78. The number of nitrogens with zero attached hydrogens (tertiary/aromatic N) is 3. The van der Waals surface area contributed by atoms with Gasteiger partial charge in [-0.1, -0.05) is 24.3 Å². The predicted octanol–water partition coefficient (Wildman–Crippen LogP) is 1.31. The first-order valence-corrected chi connectivity index (χ1v) is 6.55. The van der Waals surface area contributed by atoms with Crippen LogP contribution in [0.15, 0.2) is 30.6 Å². The second kappa shape index (κ2) is 5.50. The summed E-state index contributed by atoms with van der Waals surface area (Å²) < 4.78 is 7.18. The van der Waals surface area contributed by atoms with Crippen molar-refractivity contribution in [2.45, 2.75) is 25.6 Å². The largest absolute Gasteiger partial charge is 0.383 e. The Morgan fingerprint density at radius 3 is 3.05 bits per heavy atom. The molecule has 5 heteroatoms. The van der Waals surface area contributed by atoms with E-state index in [1.165, 1.54) is 11.1 Å². The summed E-state index contributed by atoms with van der Waals surface area (Å²) in [5.74, 6) is 0.992. The van der Waals surface area contributed by atoms with Gasteiger partial charge in [0.1, 0.15) is 12.2 Å². The van der Waals surface area contributed by atoms with Crippen molar-refractivity contribution in [2.75, 3.05) is 13.7 Å². The summed E-state index contributed by atoms with van der Waals surface area (Å²) >= 11 is 0. The molecule has 0 bridgehead atoms. The summed E-state index contributed by atoms with van der Waals surface area (Å²) in [5, 5.41) is 11.8. The van der Waals surface area contributed by atoms with E-state index in [0.29, 0.717) is 6.61 Å². The molecule has 1 aromatic carbocycles. The molecule has 1 N–H and O–H groups in total. The molecule has 100 valence electrons. The zero-order valence-corrected chi connectivity index (χ0v) is 11.0. The van der Waals surface area contributed by atoms with Crippen LogP contribution in [0.3, 0.4) is 0 Å². The third-order valence-electron chi connectivity index (χ3n) is 3.57. The molecule has 0 aliphatic carbocycles. The number of rotatable bonds is 4. The van der Waals surface area contributed by atoms with E-state index in [0.717, 1.165) is 25.3 Å². The Morgan fingerprint density at radius 1 is 1.37 bits per heavy atom. The standard InChI is InChI=1S/C14H18N4O/c1-19-7-6-18-10-16-17-14(18)13-8-11-4-2-3-5-12(11)9-15-13/h2-5,10,13,15H,6-9H2,1H3/t13-/m0/s1. The first kappa shape index (κ1) is 12.3. The van der Waals surface area contributed by atoms with E-state index < -0.39 is 0 Å². The lowest BCUT2D eigenvalue weighted by Crippen LogP contribution is -2.31. The maximum absolute atomic E-state index is 5.12. The Bertz CT molecular complexity index is 552. The van der Waals surface area contributed by atoms with Crippen LogP contribution in [0.2, 0.25) is 0 Å². The van der Waals surface area contributed by atoms with Crippen molar-refractivity contribution in [1.82, 2.24) is 20.1 Å². The van der Waals surface area contributed by atoms with E-state index in [2.05, 4.69) is 44.3 Å². The number of hydrogen-bond acceptors (Lipinski definition) is 4. The lowest BCUT2D eigenvalue weighted by Gasteiger charge is -2.25. The quantitative estimate of drug-likeness (QED) is 0.898. The van der Waals surface area contributed by atoms with E-state index in [9.17, 15) is 0 Å². The SMILES string of the molecule is COCCn1cnnc1[C@@H]1Cc2ccccc2CN1. The first-order valence-electron chi connectivity index (χ1n) is 6.55. The third-order valence-corrected chi connectivity index (χ3v) is 3.57. The van der Waals surface area contributed by atoms with Gasteiger partial charge >= 0.3 is 0 Å². The van der Waals surface area contributed by atoms with Crippen molar-refractivity contribution >= 4 is 0 Å². The lowest BCUT2D eigenvalue weighted by atomic mass is 9.95. The molecule has 19 heavy (non-hydrogen) atoms. The molecule has 0 radical (unpaired) electrons. The van der Waals surface area contributed by atoms with Crippen LogP contribution in [0, 0.1) is 0 Å². The average Bonchev–Trinajstić information content (AvgIpc) is 2.93. The Labute approximate surface area is 112 Å². The molecule has 2 aromatic rings. The highest BCUT2D eigenvalue weighted by Gasteiger charge is 2.23. The van der Waals surface area contributed by atoms with Gasteiger partial charge < -0.3 is 14.6 Å². The minimum atomic E-state index is 0.231. The zero-order chi connectivity index (χ0) is 13.1. The van der Waals surface area contributed by atoms with Gasteiger partial charge in [0.25, 0.3) is 0 Å².